The minimum absolute atomic E-state index is 0.143. The molecule has 0 bridgehead atoms. The van der Waals surface area contributed by atoms with Gasteiger partial charge in [0, 0.05) is 5.66 Å². The third-order valence-electron chi connectivity index (χ3n) is 7.70. The minimum Gasteiger partial charge on any atom is -0.494 e. The molecule has 6 nitrogen and oxygen atoms in total. The molecule has 1 saturated carbocycles. The van der Waals surface area contributed by atoms with Crippen LogP contribution in [0.25, 0.3) is 0 Å². The zero-order valence-corrected chi connectivity index (χ0v) is 26.1. The summed E-state index contributed by atoms with van der Waals surface area (Å²) >= 11 is 0. The van der Waals surface area contributed by atoms with E-state index in [1.807, 2.05) is 54.6 Å². The van der Waals surface area contributed by atoms with Crippen molar-refractivity contribution in [2.75, 3.05) is 32.7 Å². The molecule has 228 valence electrons. The largest absolute Gasteiger partial charge is 0.494 e. The van der Waals surface area contributed by atoms with Crippen LogP contribution in [0.5, 0.6) is 17.2 Å². The maximum absolute atomic E-state index is 13.7. The van der Waals surface area contributed by atoms with Crippen LogP contribution in [0.3, 0.4) is 0 Å². The highest BCUT2D eigenvalue weighted by Crippen LogP contribution is 2.56. The summed E-state index contributed by atoms with van der Waals surface area (Å²) in [7, 11) is -2.82. The molecular formula is C35H48NO5P. The van der Waals surface area contributed by atoms with E-state index in [-0.39, 0.29) is 12.0 Å². The quantitative estimate of drug-likeness (QED) is 0.111. The maximum Gasteiger partial charge on any atom is 0.242 e. The summed E-state index contributed by atoms with van der Waals surface area (Å²) in [6.07, 6.45) is 9.51. The molecule has 42 heavy (non-hydrogen) atoms. The first-order valence-electron chi connectivity index (χ1n) is 15.7. The van der Waals surface area contributed by atoms with Crippen LogP contribution in [0.4, 0.5) is 0 Å². The lowest BCUT2D eigenvalue weighted by Gasteiger charge is -2.30. The van der Waals surface area contributed by atoms with Gasteiger partial charge in [-0.25, -0.2) is 0 Å². The Hall–Kier alpha value is -2.79. The molecule has 3 aromatic carbocycles. The van der Waals surface area contributed by atoms with E-state index in [2.05, 4.69) is 36.5 Å². The lowest BCUT2D eigenvalue weighted by atomic mass is 10.0. The van der Waals surface area contributed by atoms with Crippen LogP contribution in [0.2, 0.25) is 0 Å². The smallest absolute Gasteiger partial charge is 0.242 e. The van der Waals surface area contributed by atoms with Gasteiger partial charge in [0.25, 0.3) is 0 Å². The number of ether oxygens (including phenoxy) is 3. The Kier molecular flexibility index (Phi) is 13.8. The fourth-order valence-electron chi connectivity index (χ4n) is 5.12. The van der Waals surface area contributed by atoms with Crippen LogP contribution < -0.4 is 19.5 Å². The van der Waals surface area contributed by atoms with Gasteiger partial charge >= 0.3 is 0 Å². The molecule has 0 radical (unpaired) electrons. The number of hydrogen-bond donors (Lipinski definition) is 1. The van der Waals surface area contributed by atoms with Crippen molar-refractivity contribution in [3.8, 4) is 17.2 Å². The fourth-order valence-corrected chi connectivity index (χ4v) is 7.54. The van der Waals surface area contributed by atoms with E-state index in [0.29, 0.717) is 19.8 Å². The Bertz CT molecular complexity index is 1180. The third kappa shape index (κ3) is 11.1. The summed E-state index contributed by atoms with van der Waals surface area (Å²) < 4.78 is 37.5. The second kappa shape index (κ2) is 18.0. The summed E-state index contributed by atoms with van der Waals surface area (Å²) in [5, 5.41) is 3.50. The van der Waals surface area contributed by atoms with E-state index in [1.165, 1.54) is 12.0 Å². The van der Waals surface area contributed by atoms with Crippen molar-refractivity contribution in [2.45, 2.75) is 77.0 Å². The van der Waals surface area contributed by atoms with Crippen molar-refractivity contribution >= 4 is 7.37 Å². The van der Waals surface area contributed by atoms with Gasteiger partial charge in [-0.2, -0.15) is 0 Å². The summed E-state index contributed by atoms with van der Waals surface area (Å²) in [6, 6.07) is 26.1. The highest BCUT2D eigenvalue weighted by atomic mass is 31.2. The summed E-state index contributed by atoms with van der Waals surface area (Å²) in [6.45, 7) is 5.70. The second-order valence-corrected chi connectivity index (χ2v) is 13.8. The van der Waals surface area contributed by atoms with Gasteiger partial charge in [0.05, 0.1) is 13.2 Å². The maximum atomic E-state index is 13.7. The zero-order valence-electron chi connectivity index (χ0n) is 25.2. The Balaban J connectivity index is 1.08. The van der Waals surface area contributed by atoms with Gasteiger partial charge in [0.15, 0.2) is 6.35 Å². The molecule has 0 saturated heterocycles. The molecule has 0 aromatic heterocycles. The standard InChI is InChI=1S/C35H48NO5P/c1-2-3-27-41-42(37,35-13-8-5-9-14-35)29-40-34-17-15-30(16-18-34)23-25-36-24-10-26-38-32-19-21-33(22-20-32)39-28-31-11-6-4-7-12-31/h4,6-7,11-12,15-22,35-36H,2-3,5,8-10,13-14,23-29H2,1H3. The Morgan fingerprint density at radius 2 is 1.38 bits per heavy atom. The zero-order chi connectivity index (χ0) is 29.3. The lowest BCUT2D eigenvalue weighted by molar-refractivity contribution is 0.263. The molecule has 0 aliphatic heterocycles. The van der Waals surface area contributed by atoms with Crippen LogP contribution >= 0.6 is 7.37 Å². The predicted molar refractivity (Wildman–Crippen MR) is 171 cm³/mol. The van der Waals surface area contributed by atoms with Crippen LogP contribution in [-0.2, 0) is 22.1 Å². The molecule has 0 amide bonds. The average molecular weight is 594 g/mol. The Morgan fingerprint density at radius 3 is 2.10 bits per heavy atom. The van der Waals surface area contributed by atoms with Crippen molar-refractivity contribution in [3.05, 3.63) is 90.0 Å². The average Bonchev–Trinajstić information content (AvgIpc) is 3.04. The highest BCUT2D eigenvalue weighted by Gasteiger charge is 2.36. The predicted octanol–water partition coefficient (Wildman–Crippen LogP) is 8.63. The summed E-state index contributed by atoms with van der Waals surface area (Å²) in [5.74, 6) is 2.45. The van der Waals surface area contributed by atoms with Crippen molar-refractivity contribution in [1.29, 1.82) is 0 Å². The highest BCUT2D eigenvalue weighted by molar-refractivity contribution is 7.59. The van der Waals surface area contributed by atoms with Gasteiger partial charge in [-0.3, -0.25) is 4.57 Å². The number of hydrogen-bond acceptors (Lipinski definition) is 6. The number of nitrogens with one attached hydrogen (secondary N) is 1. The van der Waals surface area contributed by atoms with Gasteiger partial charge in [-0.05, 0) is 92.7 Å². The van der Waals surface area contributed by atoms with Gasteiger partial charge < -0.3 is 24.1 Å². The van der Waals surface area contributed by atoms with Crippen molar-refractivity contribution in [1.82, 2.24) is 5.32 Å². The van der Waals surface area contributed by atoms with Crippen LogP contribution in [0.1, 0.15) is 69.4 Å². The fraction of sp³-hybridized carbons (Fsp3) is 0.486. The molecular weight excluding hydrogens is 545 g/mol. The molecule has 1 N–H and O–H groups in total. The summed E-state index contributed by atoms with van der Waals surface area (Å²) in [5.41, 5.74) is 2.54. The molecule has 7 heteroatoms. The van der Waals surface area contributed by atoms with E-state index in [1.54, 1.807) is 0 Å². The molecule has 1 aliphatic carbocycles. The van der Waals surface area contributed by atoms with Gasteiger partial charge in [0.1, 0.15) is 23.9 Å². The van der Waals surface area contributed by atoms with Crippen molar-refractivity contribution < 1.29 is 23.3 Å². The monoisotopic (exact) mass is 593 g/mol. The van der Waals surface area contributed by atoms with Crippen LogP contribution in [0, 0.1) is 0 Å². The summed E-state index contributed by atoms with van der Waals surface area (Å²) in [4.78, 5) is 0. The molecule has 4 rings (SSSR count). The molecule has 0 spiro atoms. The Morgan fingerprint density at radius 1 is 0.714 bits per heavy atom. The molecule has 3 aromatic rings. The van der Waals surface area contributed by atoms with E-state index < -0.39 is 7.37 Å². The molecule has 0 heterocycles. The second-order valence-electron chi connectivity index (χ2n) is 11.1. The lowest BCUT2D eigenvalue weighted by Crippen LogP contribution is -2.20. The molecule has 1 fully saturated rings. The molecule has 1 unspecified atom stereocenters. The van der Waals surface area contributed by atoms with Gasteiger partial charge in [0.2, 0.25) is 7.37 Å². The topological polar surface area (TPSA) is 66.0 Å². The van der Waals surface area contributed by atoms with Crippen LogP contribution in [-0.4, -0.2) is 38.3 Å². The third-order valence-corrected chi connectivity index (χ3v) is 10.4. The molecule has 1 atom stereocenters. The number of benzene rings is 3. The van der Waals surface area contributed by atoms with E-state index in [0.717, 1.165) is 87.3 Å². The van der Waals surface area contributed by atoms with Gasteiger partial charge in [-0.1, -0.05) is 75.1 Å². The van der Waals surface area contributed by atoms with E-state index in [9.17, 15) is 4.57 Å². The number of rotatable bonds is 19. The first kappa shape index (κ1) is 32.1. The van der Waals surface area contributed by atoms with Gasteiger partial charge in [-0.15, -0.1) is 0 Å². The minimum atomic E-state index is -2.82. The molecule has 1 aliphatic rings. The van der Waals surface area contributed by atoms with Crippen molar-refractivity contribution in [2.24, 2.45) is 0 Å². The first-order valence-corrected chi connectivity index (χ1v) is 17.6. The van der Waals surface area contributed by atoms with E-state index >= 15 is 0 Å². The van der Waals surface area contributed by atoms with Crippen molar-refractivity contribution in [3.63, 3.8) is 0 Å². The number of unbranched alkanes of at least 4 members (excludes halogenated alkanes) is 1. The van der Waals surface area contributed by atoms with Crippen LogP contribution in [0.15, 0.2) is 78.9 Å². The Labute approximate surface area is 252 Å². The van der Waals surface area contributed by atoms with E-state index in [4.69, 9.17) is 18.7 Å². The normalized spacial score (nSPS) is 15.2. The first-order chi connectivity index (χ1) is 20.6. The SMILES string of the molecule is CCCCOP(=O)(COc1ccc(CCNCCCOc2ccc(OCc3ccccc3)cc2)cc1)C1CCCCC1.